The topological polar surface area (TPSA) is 62.6 Å². The van der Waals surface area contributed by atoms with E-state index in [0.717, 1.165) is 24.8 Å². The quantitative estimate of drug-likeness (QED) is 0.879. The number of likely N-dealkylation sites (tertiary alicyclic amines) is 1. The second kappa shape index (κ2) is 6.32. The SMILES string of the molecule is CNCC1CCCN(C(=O)c2cc3ccccc3oc2=O)C1. The molecule has 1 amide bonds. The number of nitrogens with zero attached hydrogens (tertiary/aromatic N) is 1. The molecule has 0 radical (unpaired) electrons. The first-order chi connectivity index (χ1) is 10.7. The lowest BCUT2D eigenvalue weighted by Crippen LogP contribution is -2.43. The van der Waals surface area contributed by atoms with Crippen molar-refractivity contribution in [2.75, 3.05) is 26.7 Å². The number of nitrogens with one attached hydrogen (secondary N) is 1. The van der Waals surface area contributed by atoms with Gasteiger partial charge in [0, 0.05) is 18.5 Å². The van der Waals surface area contributed by atoms with Crippen LogP contribution in [0.25, 0.3) is 11.0 Å². The number of hydrogen-bond acceptors (Lipinski definition) is 4. The van der Waals surface area contributed by atoms with Crippen LogP contribution in [0.15, 0.2) is 39.5 Å². The molecule has 3 rings (SSSR count). The largest absolute Gasteiger partial charge is 0.422 e. The van der Waals surface area contributed by atoms with Gasteiger partial charge in [-0.15, -0.1) is 0 Å². The van der Waals surface area contributed by atoms with E-state index in [0.29, 0.717) is 24.6 Å². The molecule has 0 aliphatic carbocycles. The van der Waals surface area contributed by atoms with Crippen molar-refractivity contribution in [3.8, 4) is 0 Å². The Labute approximate surface area is 128 Å². The van der Waals surface area contributed by atoms with Crippen molar-refractivity contribution in [2.24, 2.45) is 5.92 Å². The number of carbonyl (C=O) groups is 1. The van der Waals surface area contributed by atoms with Crippen LogP contribution < -0.4 is 10.9 Å². The van der Waals surface area contributed by atoms with Crippen molar-refractivity contribution in [3.05, 3.63) is 46.3 Å². The molecule has 5 heteroatoms. The van der Waals surface area contributed by atoms with Gasteiger partial charge < -0.3 is 14.6 Å². The molecule has 1 atom stereocenters. The van der Waals surface area contributed by atoms with E-state index in [9.17, 15) is 9.59 Å². The third kappa shape index (κ3) is 2.90. The molecule has 1 aliphatic heterocycles. The summed E-state index contributed by atoms with van der Waals surface area (Å²) in [7, 11) is 1.92. The van der Waals surface area contributed by atoms with Gasteiger partial charge in [-0.25, -0.2) is 4.79 Å². The van der Waals surface area contributed by atoms with Crippen molar-refractivity contribution < 1.29 is 9.21 Å². The minimum atomic E-state index is -0.556. The van der Waals surface area contributed by atoms with Crippen LogP contribution in [-0.4, -0.2) is 37.5 Å². The Morgan fingerprint density at radius 2 is 2.23 bits per heavy atom. The molecule has 1 aromatic carbocycles. The van der Waals surface area contributed by atoms with Crippen molar-refractivity contribution in [1.82, 2.24) is 10.2 Å². The van der Waals surface area contributed by atoms with Crippen LogP contribution >= 0.6 is 0 Å². The zero-order valence-corrected chi connectivity index (χ0v) is 12.7. The molecular formula is C17H20N2O3. The highest BCUT2D eigenvalue weighted by atomic mass is 16.4. The van der Waals surface area contributed by atoms with Crippen molar-refractivity contribution in [1.29, 1.82) is 0 Å². The maximum absolute atomic E-state index is 12.7. The monoisotopic (exact) mass is 300 g/mol. The Kier molecular flexibility index (Phi) is 4.24. The van der Waals surface area contributed by atoms with Crippen LogP contribution in [0.2, 0.25) is 0 Å². The smallest absolute Gasteiger partial charge is 0.349 e. The molecule has 2 heterocycles. The van der Waals surface area contributed by atoms with E-state index < -0.39 is 5.63 Å². The van der Waals surface area contributed by atoms with Gasteiger partial charge >= 0.3 is 5.63 Å². The summed E-state index contributed by atoms with van der Waals surface area (Å²) in [5.74, 6) is 0.218. The second-order valence-corrected chi connectivity index (χ2v) is 5.80. The summed E-state index contributed by atoms with van der Waals surface area (Å²) in [4.78, 5) is 26.5. The third-order valence-electron chi connectivity index (χ3n) is 4.17. The summed E-state index contributed by atoms with van der Waals surface area (Å²) in [6.07, 6.45) is 2.08. The third-order valence-corrected chi connectivity index (χ3v) is 4.17. The molecule has 1 saturated heterocycles. The molecule has 0 bridgehead atoms. The number of benzene rings is 1. The van der Waals surface area contributed by atoms with E-state index in [-0.39, 0.29) is 11.5 Å². The maximum Gasteiger partial charge on any atom is 0.349 e. The highest BCUT2D eigenvalue weighted by Crippen LogP contribution is 2.19. The second-order valence-electron chi connectivity index (χ2n) is 5.80. The summed E-state index contributed by atoms with van der Waals surface area (Å²) in [5, 5.41) is 3.93. The first-order valence-electron chi connectivity index (χ1n) is 7.66. The van der Waals surface area contributed by atoms with E-state index in [1.54, 1.807) is 23.1 Å². The molecule has 2 aromatic rings. The number of carbonyl (C=O) groups excluding carboxylic acids is 1. The van der Waals surface area contributed by atoms with E-state index in [1.807, 2.05) is 19.2 Å². The fourth-order valence-electron chi connectivity index (χ4n) is 3.09. The minimum absolute atomic E-state index is 0.129. The molecule has 1 N–H and O–H groups in total. The average Bonchev–Trinajstić information content (AvgIpc) is 2.54. The highest BCUT2D eigenvalue weighted by molar-refractivity contribution is 5.96. The number of piperidine rings is 1. The van der Waals surface area contributed by atoms with E-state index in [1.165, 1.54) is 0 Å². The Bertz CT molecular complexity index is 736. The van der Waals surface area contributed by atoms with E-state index in [2.05, 4.69) is 5.32 Å². The Morgan fingerprint density at radius 1 is 1.41 bits per heavy atom. The Morgan fingerprint density at radius 3 is 3.05 bits per heavy atom. The summed E-state index contributed by atoms with van der Waals surface area (Å²) >= 11 is 0. The normalized spacial score (nSPS) is 18.6. The molecule has 1 unspecified atom stereocenters. The molecule has 116 valence electrons. The Balaban J connectivity index is 1.88. The van der Waals surface area contributed by atoms with Gasteiger partial charge in [0.05, 0.1) is 0 Å². The van der Waals surface area contributed by atoms with Gasteiger partial charge in [-0.1, -0.05) is 18.2 Å². The molecule has 1 aliphatic rings. The summed E-state index contributed by atoms with van der Waals surface area (Å²) in [6.45, 7) is 2.27. The van der Waals surface area contributed by atoms with Gasteiger partial charge in [-0.2, -0.15) is 0 Å². The van der Waals surface area contributed by atoms with Gasteiger partial charge in [0.2, 0.25) is 0 Å². The highest BCUT2D eigenvalue weighted by Gasteiger charge is 2.26. The number of rotatable bonds is 3. The summed E-state index contributed by atoms with van der Waals surface area (Å²) in [6, 6.07) is 8.88. The standard InChI is InChI=1S/C17H20N2O3/c1-18-10-12-5-4-8-19(11-12)16(20)14-9-13-6-2-3-7-15(13)22-17(14)21/h2-3,6-7,9,12,18H,4-5,8,10-11H2,1H3. The number of fused-ring (bicyclic) bond motifs is 1. The molecule has 0 spiro atoms. The van der Waals surface area contributed by atoms with Crippen molar-refractivity contribution in [3.63, 3.8) is 0 Å². The van der Waals surface area contributed by atoms with Crippen LogP contribution in [-0.2, 0) is 0 Å². The van der Waals surface area contributed by atoms with Crippen LogP contribution in [0.3, 0.4) is 0 Å². The summed E-state index contributed by atoms with van der Waals surface area (Å²) in [5.41, 5.74) is 0.0824. The number of para-hydroxylation sites is 1. The fourth-order valence-corrected chi connectivity index (χ4v) is 3.09. The van der Waals surface area contributed by atoms with Crippen LogP contribution in [0.1, 0.15) is 23.2 Å². The van der Waals surface area contributed by atoms with E-state index in [4.69, 9.17) is 4.42 Å². The first-order valence-corrected chi connectivity index (χ1v) is 7.66. The lowest BCUT2D eigenvalue weighted by Gasteiger charge is -2.32. The van der Waals surface area contributed by atoms with Gasteiger partial charge in [-0.3, -0.25) is 4.79 Å². The summed E-state index contributed by atoms with van der Waals surface area (Å²) < 4.78 is 5.26. The zero-order chi connectivity index (χ0) is 15.5. The van der Waals surface area contributed by atoms with Crippen molar-refractivity contribution >= 4 is 16.9 Å². The number of amides is 1. The van der Waals surface area contributed by atoms with Gasteiger partial charge in [0.25, 0.3) is 5.91 Å². The molecule has 5 nitrogen and oxygen atoms in total. The Hall–Kier alpha value is -2.14. The maximum atomic E-state index is 12.7. The fraction of sp³-hybridized carbons (Fsp3) is 0.412. The molecule has 1 aromatic heterocycles. The average molecular weight is 300 g/mol. The van der Waals surface area contributed by atoms with Crippen molar-refractivity contribution in [2.45, 2.75) is 12.8 Å². The predicted octanol–water partition coefficient (Wildman–Crippen LogP) is 1.86. The minimum Gasteiger partial charge on any atom is -0.422 e. The first kappa shape index (κ1) is 14.8. The van der Waals surface area contributed by atoms with Gasteiger partial charge in [-0.05, 0) is 44.5 Å². The van der Waals surface area contributed by atoms with Crippen LogP contribution in [0.4, 0.5) is 0 Å². The van der Waals surface area contributed by atoms with Crippen LogP contribution in [0, 0.1) is 5.92 Å². The lowest BCUT2D eigenvalue weighted by molar-refractivity contribution is 0.0670. The molecule has 0 saturated carbocycles. The van der Waals surface area contributed by atoms with Crippen LogP contribution in [0.5, 0.6) is 0 Å². The number of hydrogen-bond donors (Lipinski definition) is 1. The molecule has 1 fully saturated rings. The van der Waals surface area contributed by atoms with Gasteiger partial charge in [0.1, 0.15) is 11.1 Å². The van der Waals surface area contributed by atoms with E-state index >= 15 is 0 Å². The zero-order valence-electron chi connectivity index (χ0n) is 12.7. The lowest BCUT2D eigenvalue weighted by atomic mass is 9.97. The molecule has 22 heavy (non-hydrogen) atoms. The molecular weight excluding hydrogens is 280 g/mol. The van der Waals surface area contributed by atoms with Gasteiger partial charge in [0.15, 0.2) is 0 Å². The predicted molar refractivity (Wildman–Crippen MR) is 85.0 cm³/mol.